The van der Waals surface area contributed by atoms with Crippen LogP contribution >= 0.6 is 0 Å². The molecular weight excluding hydrogens is 432 g/mol. The molecule has 0 radical (unpaired) electrons. The van der Waals surface area contributed by atoms with Gasteiger partial charge in [0.25, 0.3) is 5.56 Å². The highest BCUT2D eigenvalue weighted by atomic mass is 32.2. The van der Waals surface area contributed by atoms with E-state index in [1.54, 1.807) is 38.3 Å². The van der Waals surface area contributed by atoms with E-state index in [1.165, 1.54) is 41.2 Å². The minimum Gasteiger partial charge on any atom is -0.497 e. The maximum absolute atomic E-state index is 12.5. The molecule has 0 aliphatic heterocycles. The number of nitrogens with one attached hydrogen (secondary N) is 2. The van der Waals surface area contributed by atoms with Crippen LogP contribution in [0.25, 0.3) is 11.3 Å². The van der Waals surface area contributed by atoms with Crippen LogP contribution in [0, 0.1) is 0 Å². The molecule has 2 aromatic carbocycles. The minimum atomic E-state index is -3.76. The summed E-state index contributed by atoms with van der Waals surface area (Å²) in [6.07, 6.45) is 1.72. The van der Waals surface area contributed by atoms with Crippen molar-refractivity contribution in [1.82, 2.24) is 14.3 Å². The number of methoxy groups -OCH3 is 1. The first-order chi connectivity index (χ1) is 15.3. The molecule has 0 aliphatic carbocycles. The first-order valence-corrected chi connectivity index (χ1v) is 11.4. The third kappa shape index (κ3) is 5.80. The number of amides is 1. The number of hydrogen-bond acceptors (Lipinski definition) is 6. The summed E-state index contributed by atoms with van der Waals surface area (Å²) in [6, 6.07) is 14.4. The van der Waals surface area contributed by atoms with Crippen LogP contribution in [0.3, 0.4) is 0 Å². The van der Waals surface area contributed by atoms with Crippen molar-refractivity contribution >= 4 is 21.6 Å². The first-order valence-electron chi connectivity index (χ1n) is 9.93. The van der Waals surface area contributed by atoms with Gasteiger partial charge in [-0.05, 0) is 48.5 Å². The molecule has 1 amide bonds. The first kappa shape index (κ1) is 23.2. The highest BCUT2D eigenvalue weighted by Crippen LogP contribution is 2.19. The molecule has 10 heteroatoms. The Morgan fingerprint density at radius 2 is 1.78 bits per heavy atom. The topological polar surface area (TPSA) is 119 Å². The van der Waals surface area contributed by atoms with Crippen molar-refractivity contribution in [2.45, 2.75) is 24.8 Å². The Kier molecular flexibility index (Phi) is 7.39. The number of nitrogens with zero attached hydrogens (tertiary/aromatic N) is 2. The number of benzene rings is 2. The van der Waals surface area contributed by atoms with Crippen LogP contribution in [0.4, 0.5) is 5.69 Å². The molecular formula is C22H24N4O5S. The molecule has 0 fully saturated rings. The maximum Gasteiger partial charge on any atom is 0.253 e. The molecule has 3 aromatic rings. The summed E-state index contributed by atoms with van der Waals surface area (Å²) in [5, 5.41) is 2.66. The lowest BCUT2D eigenvalue weighted by atomic mass is 10.1. The van der Waals surface area contributed by atoms with Crippen LogP contribution in [-0.4, -0.2) is 37.5 Å². The summed E-state index contributed by atoms with van der Waals surface area (Å²) in [5.74, 6) is 0.547. The monoisotopic (exact) mass is 456 g/mol. The van der Waals surface area contributed by atoms with Crippen LogP contribution < -0.4 is 20.3 Å². The highest BCUT2D eigenvalue weighted by molar-refractivity contribution is 7.89. The van der Waals surface area contributed by atoms with Gasteiger partial charge in [0.15, 0.2) is 0 Å². The van der Waals surface area contributed by atoms with Gasteiger partial charge in [0, 0.05) is 36.8 Å². The Bertz CT molecular complexity index is 1240. The predicted octanol–water partition coefficient (Wildman–Crippen LogP) is 2.25. The van der Waals surface area contributed by atoms with E-state index >= 15 is 0 Å². The number of carbonyl (C=O) groups is 1. The van der Waals surface area contributed by atoms with Gasteiger partial charge >= 0.3 is 0 Å². The van der Waals surface area contributed by atoms with E-state index in [2.05, 4.69) is 15.0 Å². The average molecular weight is 457 g/mol. The van der Waals surface area contributed by atoms with Gasteiger partial charge in [0.2, 0.25) is 15.9 Å². The zero-order valence-corrected chi connectivity index (χ0v) is 18.6. The number of anilines is 1. The van der Waals surface area contributed by atoms with Gasteiger partial charge in [0.1, 0.15) is 5.75 Å². The van der Waals surface area contributed by atoms with Gasteiger partial charge in [-0.2, -0.15) is 0 Å². The molecule has 2 N–H and O–H groups in total. The predicted molar refractivity (Wildman–Crippen MR) is 121 cm³/mol. The standard InChI is InChI=1S/C22H24N4O5S/c1-3-21(27)25-17-6-10-19(11-7-17)32(29,30)24-12-13-26-15-23-20(14-22(26)28)16-4-8-18(31-2)9-5-16/h4-11,14-15,24H,3,12-13H2,1-2H3,(H,25,27). The molecule has 3 rings (SSSR count). The van der Waals surface area contributed by atoms with E-state index in [1.807, 2.05) is 0 Å². The van der Waals surface area contributed by atoms with Gasteiger partial charge in [-0.25, -0.2) is 18.1 Å². The summed E-state index contributed by atoms with van der Waals surface area (Å²) in [4.78, 5) is 28.2. The van der Waals surface area contributed by atoms with Gasteiger partial charge in [-0.15, -0.1) is 0 Å². The van der Waals surface area contributed by atoms with Crippen LogP contribution in [0.1, 0.15) is 13.3 Å². The Balaban J connectivity index is 1.61. The fourth-order valence-electron chi connectivity index (χ4n) is 2.86. The largest absolute Gasteiger partial charge is 0.497 e. The van der Waals surface area contributed by atoms with Crippen molar-refractivity contribution in [3.63, 3.8) is 0 Å². The summed E-state index contributed by atoms with van der Waals surface area (Å²) >= 11 is 0. The number of hydrogen-bond donors (Lipinski definition) is 2. The molecule has 0 saturated heterocycles. The van der Waals surface area contributed by atoms with Crippen molar-refractivity contribution in [2.75, 3.05) is 19.0 Å². The van der Waals surface area contributed by atoms with Crippen LogP contribution in [-0.2, 0) is 21.4 Å². The maximum atomic E-state index is 12.5. The number of sulfonamides is 1. The van der Waals surface area contributed by atoms with Gasteiger partial charge < -0.3 is 10.1 Å². The second-order valence-electron chi connectivity index (χ2n) is 6.86. The third-order valence-electron chi connectivity index (χ3n) is 4.68. The summed E-state index contributed by atoms with van der Waals surface area (Å²) in [6.45, 7) is 1.87. The molecule has 168 valence electrons. The van der Waals surface area contributed by atoms with Crippen molar-refractivity contribution in [3.8, 4) is 17.0 Å². The van der Waals surface area contributed by atoms with E-state index in [0.29, 0.717) is 23.6 Å². The zero-order valence-electron chi connectivity index (χ0n) is 17.7. The van der Waals surface area contributed by atoms with Gasteiger partial charge in [-0.3, -0.25) is 14.2 Å². The minimum absolute atomic E-state index is 0.0140. The van der Waals surface area contributed by atoms with E-state index in [-0.39, 0.29) is 29.5 Å². The molecule has 1 heterocycles. The number of carbonyl (C=O) groups excluding carboxylic acids is 1. The summed E-state index contributed by atoms with van der Waals surface area (Å²) < 4.78 is 33.9. The fraction of sp³-hybridized carbons (Fsp3) is 0.227. The molecule has 0 atom stereocenters. The van der Waals surface area contributed by atoms with E-state index < -0.39 is 10.0 Å². The SMILES string of the molecule is CCC(=O)Nc1ccc(S(=O)(=O)NCCn2cnc(-c3ccc(OC)cc3)cc2=O)cc1. The lowest BCUT2D eigenvalue weighted by Gasteiger charge is -2.10. The van der Waals surface area contributed by atoms with Gasteiger partial charge in [-0.1, -0.05) is 6.92 Å². The number of aromatic nitrogens is 2. The van der Waals surface area contributed by atoms with Crippen molar-refractivity contribution in [1.29, 1.82) is 0 Å². The molecule has 1 aromatic heterocycles. The van der Waals surface area contributed by atoms with Gasteiger partial charge in [0.05, 0.1) is 24.0 Å². The van der Waals surface area contributed by atoms with Crippen molar-refractivity contribution in [2.24, 2.45) is 0 Å². The lowest BCUT2D eigenvalue weighted by Crippen LogP contribution is -2.30. The summed E-state index contributed by atoms with van der Waals surface area (Å²) in [5.41, 5.74) is 1.52. The molecule has 0 aliphatic rings. The second-order valence-corrected chi connectivity index (χ2v) is 8.63. The third-order valence-corrected chi connectivity index (χ3v) is 6.16. The molecule has 0 unspecified atom stereocenters. The average Bonchev–Trinajstić information content (AvgIpc) is 2.80. The fourth-order valence-corrected chi connectivity index (χ4v) is 3.89. The van der Waals surface area contributed by atoms with Crippen molar-refractivity contribution < 1.29 is 17.9 Å². The number of ether oxygens (including phenoxy) is 1. The van der Waals surface area contributed by atoms with E-state index in [4.69, 9.17) is 4.74 Å². The van der Waals surface area contributed by atoms with Crippen LogP contribution in [0.15, 0.2) is 70.6 Å². The zero-order chi connectivity index (χ0) is 23.1. The van der Waals surface area contributed by atoms with Crippen LogP contribution in [0.5, 0.6) is 5.75 Å². The molecule has 0 spiro atoms. The molecule has 0 bridgehead atoms. The van der Waals surface area contributed by atoms with E-state index in [9.17, 15) is 18.0 Å². The highest BCUT2D eigenvalue weighted by Gasteiger charge is 2.14. The quantitative estimate of drug-likeness (QED) is 0.510. The van der Waals surface area contributed by atoms with Crippen molar-refractivity contribution in [3.05, 3.63) is 71.3 Å². The van der Waals surface area contributed by atoms with E-state index in [0.717, 1.165) is 5.56 Å². The molecule has 0 saturated carbocycles. The Hall–Kier alpha value is -3.50. The number of rotatable bonds is 9. The lowest BCUT2D eigenvalue weighted by molar-refractivity contribution is -0.115. The molecule has 32 heavy (non-hydrogen) atoms. The Morgan fingerprint density at radius 1 is 1.09 bits per heavy atom. The Labute approximate surface area is 186 Å². The second kappa shape index (κ2) is 10.2. The Morgan fingerprint density at radius 3 is 2.38 bits per heavy atom. The summed E-state index contributed by atoms with van der Waals surface area (Å²) in [7, 11) is -2.19. The smallest absolute Gasteiger partial charge is 0.253 e. The normalized spacial score (nSPS) is 11.2. The molecule has 9 nitrogen and oxygen atoms in total. The van der Waals surface area contributed by atoms with Crippen LogP contribution in [0.2, 0.25) is 0 Å².